The molecule has 3 aromatic rings. The highest BCUT2D eigenvalue weighted by molar-refractivity contribution is 5.92. The van der Waals surface area contributed by atoms with Crippen LogP contribution in [0.4, 0.5) is 10.5 Å². The second kappa shape index (κ2) is 8.67. The van der Waals surface area contributed by atoms with E-state index in [1.165, 1.54) is 5.56 Å². The van der Waals surface area contributed by atoms with Crippen molar-refractivity contribution in [3.05, 3.63) is 108 Å². The molecule has 0 fully saturated rings. The largest absolute Gasteiger partial charge is 0.326 e. The van der Waals surface area contributed by atoms with Gasteiger partial charge >= 0.3 is 6.03 Å². The Morgan fingerprint density at radius 2 is 1.62 bits per heavy atom. The first-order valence-corrected chi connectivity index (χ1v) is 8.62. The number of nitrogens with one attached hydrogen (secondary N) is 1. The molecule has 0 atom stereocenters. The van der Waals surface area contributed by atoms with Gasteiger partial charge in [0.2, 0.25) is 0 Å². The van der Waals surface area contributed by atoms with Crippen molar-refractivity contribution >= 4 is 17.8 Å². The van der Waals surface area contributed by atoms with E-state index in [-0.39, 0.29) is 6.03 Å². The molecule has 0 unspecified atom stereocenters. The number of rotatable bonds is 5. The van der Waals surface area contributed by atoms with Crippen LogP contribution in [0.15, 0.2) is 91.1 Å². The summed E-state index contributed by atoms with van der Waals surface area (Å²) in [4.78, 5) is 14.5. The third-order valence-corrected chi connectivity index (χ3v) is 4.02. The molecule has 0 aliphatic heterocycles. The van der Waals surface area contributed by atoms with Gasteiger partial charge in [-0.15, -0.1) is 0 Å². The number of anilines is 1. The second-order valence-corrected chi connectivity index (χ2v) is 6.10. The highest BCUT2D eigenvalue weighted by Gasteiger charge is 2.14. The van der Waals surface area contributed by atoms with Crippen LogP contribution in [0, 0.1) is 6.92 Å². The summed E-state index contributed by atoms with van der Waals surface area (Å²) in [5.74, 6) is 0. The molecule has 3 nitrogen and oxygen atoms in total. The maximum atomic E-state index is 12.8. The molecule has 1 N–H and O–H groups in total. The van der Waals surface area contributed by atoms with Gasteiger partial charge in [0.15, 0.2) is 0 Å². The van der Waals surface area contributed by atoms with Crippen molar-refractivity contribution in [2.45, 2.75) is 13.5 Å². The van der Waals surface area contributed by atoms with Crippen molar-refractivity contribution in [1.82, 2.24) is 5.32 Å². The minimum atomic E-state index is -0.163. The molecule has 2 amide bonds. The Morgan fingerprint density at radius 1 is 0.923 bits per heavy atom. The van der Waals surface area contributed by atoms with Gasteiger partial charge in [0.25, 0.3) is 0 Å². The number of urea groups is 1. The number of nitrogens with zero attached hydrogens (tertiary/aromatic N) is 1. The Balaban J connectivity index is 1.74. The monoisotopic (exact) mass is 342 g/mol. The molecule has 0 heterocycles. The van der Waals surface area contributed by atoms with Gasteiger partial charge in [-0.25, -0.2) is 4.79 Å². The molecule has 0 bridgehead atoms. The van der Waals surface area contributed by atoms with Crippen LogP contribution in [0.2, 0.25) is 0 Å². The molecular formula is C23H22N2O. The minimum absolute atomic E-state index is 0.163. The van der Waals surface area contributed by atoms with Gasteiger partial charge in [-0.05, 0) is 36.3 Å². The van der Waals surface area contributed by atoms with E-state index in [1.54, 1.807) is 11.1 Å². The van der Waals surface area contributed by atoms with Crippen LogP contribution in [0.3, 0.4) is 0 Å². The lowest BCUT2D eigenvalue weighted by Gasteiger charge is -2.22. The molecule has 3 aromatic carbocycles. The van der Waals surface area contributed by atoms with E-state index >= 15 is 0 Å². The van der Waals surface area contributed by atoms with E-state index in [1.807, 2.05) is 91.9 Å². The van der Waals surface area contributed by atoms with Gasteiger partial charge in [0.1, 0.15) is 0 Å². The number of carbonyl (C=O) groups is 1. The first kappa shape index (κ1) is 17.5. The van der Waals surface area contributed by atoms with Gasteiger partial charge in [-0.3, -0.25) is 4.90 Å². The maximum Gasteiger partial charge on any atom is 0.326 e. The normalized spacial score (nSPS) is 10.7. The number of hydrogen-bond donors (Lipinski definition) is 1. The van der Waals surface area contributed by atoms with Crippen LogP contribution < -0.4 is 10.2 Å². The topological polar surface area (TPSA) is 32.3 Å². The summed E-state index contributed by atoms with van der Waals surface area (Å²) >= 11 is 0. The summed E-state index contributed by atoms with van der Waals surface area (Å²) in [5.41, 5.74) is 4.18. The number of hydrogen-bond acceptors (Lipinski definition) is 1. The van der Waals surface area contributed by atoms with Crippen molar-refractivity contribution in [2.24, 2.45) is 0 Å². The number of amides is 2. The Bertz CT molecular complexity index is 873. The van der Waals surface area contributed by atoms with Crippen LogP contribution >= 0.6 is 0 Å². The fraction of sp³-hybridized carbons (Fsp3) is 0.0870. The van der Waals surface area contributed by atoms with Gasteiger partial charge in [0.05, 0.1) is 6.54 Å². The maximum absolute atomic E-state index is 12.8. The first-order valence-electron chi connectivity index (χ1n) is 8.62. The lowest BCUT2D eigenvalue weighted by molar-refractivity contribution is 0.249. The summed E-state index contributed by atoms with van der Waals surface area (Å²) in [7, 11) is 0. The van der Waals surface area contributed by atoms with Gasteiger partial charge < -0.3 is 5.32 Å². The van der Waals surface area contributed by atoms with Crippen LogP contribution in [-0.4, -0.2) is 6.03 Å². The Kier molecular flexibility index (Phi) is 5.84. The average molecular weight is 342 g/mol. The highest BCUT2D eigenvalue weighted by atomic mass is 16.2. The molecule has 0 saturated carbocycles. The smallest absolute Gasteiger partial charge is 0.314 e. The van der Waals surface area contributed by atoms with Crippen LogP contribution in [0.5, 0.6) is 0 Å². The SMILES string of the molecule is Cc1cccc(/C=C/NC(=O)N(Cc2ccccc2)c2ccccc2)c1. The van der Waals surface area contributed by atoms with Gasteiger partial charge in [-0.2, -0.15) is 0 Å². The zero-order valence-electron chi connectivity index (χ0n) is 14.8. The molecule has 26 heavy (non-hydrogen) atoms. The fourth-order valence-corrected chi connectivity index (χ4v) is 2.72. The number of aryl methyl sites for hydroxylation is 1. The Hall–Kier alpha value is -3.33. The van der Waals surface area contributed by atoms with E-state index in [0.29, 0.717) is 6.54 Å². The summed E-state index contributed by atoms with van der Waals surface area (Å²) in [6.07, 6.45) is 3.59. The van der Waals surface area contributed by atoms with Gasteiger partial charge in [-0.1, -0.05) is 78.4 Å². The number of para-hydroxylation sites is 1. The standard InChI is InChI=1S/C23H22N2O/c1-19-9-8-12-20(17-19)15-16-24-23(26)25(22-13-6-3-7-14-22)18-21-10-4-2-5-11-21/h2-17H,18H2,1H3,(H,24,26)/b16-15+. The summed E-state index contributed by atoms with van der Waals surface area (Å²) < 4.78 is 0. The molecule has 0 aromatic heterocycles. The molecule has 3 heteroatoms. The zero-order chi connectivity index (χ0) is 18.2. The molecule has 3 rings (SSSR count). The molecule has 0 aliphatic carbocycles. The molecule has 0 aliphatic rings. The van der Waals surface area contributed by atoms with Crippen molar-refractivity contribution in [3.63, 3.8) is 0 Å². The van der Waals surface area contributed by atoms with Crippen molar-refractivity contribution < 1.29 is 4.79 Å². The lowest BCUT2D eigenvalue weighted by atomic mass is 10.1. The minimum Gasteiger partial charge on any atom is -0.314 e. The summed E-state index contributed by atoms with van der Waals surface area (Å²) in [6.45, 7) is 2.56. The first-order chi connectivity index (χ1) is 12.7. The van der Waals surface area contributed by atoms with Gasteiger partial charge in [0, 0.05) is 11.9 Å². The predicted octanol–water partition coefficient (Wildman–Crippen LogP) is 5.38. The Labute approximate surface area is 154 Å². The number of benzene rings is 3. The van der Waals surface area contributed by atoms with E-state index in [2.05, 4.69) is 11.4 Å². The average Bonchev–Trinajstić information content (AvgIpc) is 2.67. The van der Waals surface area contributed by atoms with Crippen LogP contribution in [0.25, 0.3) is 6.08 Å². The van der Waals surface area contributed by atoms with Crippen LogP contribution in [0.1, 0.15) is 16.7 Å². The quantitative estimate of drug-likeness (QED) is 0.663. The second-order valence-electron chi connectivity index (χ2n) is 6.10. The predicted molar refractivity (Wildman–Crippen MR) is 108 cm³/mol. The third kappa shape index (κ3) is 4.84. The molecule has 0 radical (unpaired) electrons. The van der Waals surface area contributed by atoms with E-state index in [0.717, 1.165) is 16.8 Å². The molecule has 0 saturated heterocycles. The van der Waals surface area contributed by atoms with Crippen LogP contribution in [-0.2, 0) is 6.54 Å². The number of carbonyl (C=O) groups excluding carboxylic acids is 1. The van der Waals surface area contributed by atoms with Crippen molar-refractivity contribution in [1.29, 1.82) is 0 Å². The van der Waals surface area contributed by atoms with Crippen molar-refractivity contribution in [3.8, 4) is 0 Å². The summed E-state index contributed by atoms with van der Waals surface area (Å²) in [6, 6.07) is 27.6. The summed E-state index contributed by atoms with van der Waals surface area (Å²) in [5, 5.41) is 2.88. The zero-order valence-corrected chi connectivity index (χ0v) is 14.8. The van der Waals surface area contributed by atoms with E-state index < -0.39 is 0 Å². The Morgan fingerprint density at radius 3 is 2.31 bits per heavy atom. The lowest BCUT2D eigenvalue weighted by Crippen LogP contribution is -2.37. The third-order valence-electron chi connectivity index (χ3n) is 4.02. The molecule has 130 valence electrons. The molecular weight excluding hydrogens is 320 g/mol. The van der Waals surface area contributed by atoms with E-state index in [9.17, 15) is 4.79 Å². The van der Waals surface area contributed by atoms with E-state index in [4.69, 9.17) is 0 Å². The van der Waals surface area contributed by atoms with Crippen molar-refractivity contribution in [2.75, 3.05) is 4.90 Å². The molecule has 0 spiro atoms. The fourth-order valence-electron chi connectivity index (χ4n) is 2.72. The highest BCUT2D eigenvalue weighted by Crippen LogP contribution is 2.17.